The van der Waals surface area contributed by atoms with Crippen LogP contribution in [0.2, 0.25) is 0 Å². The summed E-state index contributed by atoms with van der Waals surface area (Å²) < 4.78 is 19.5. The summed E-state index contributed by atoms with van der Waals surface area (Å²) in [5.74, 6) is 0. The van der Waals surface area contributed by atoms with Gasteiger partial charge >= 0.3 is 0 Å². The Morgan fingerprint density at radius 2 is 2.33 bits per heavy atom. The van der Waals surface area contributed by atoms with Gasteiger partial charge in [-0.1, -0.05) is 0 Å². The normalized spacial score (nSPS) is 15.3. The molecule has 0 heterocycles. The summed E-state index contributed by atoms with van der Waals surface area (Å²) in [4.78, 5) is 0. The van der Waals surface area contributed by atoms with Crippen LogP contribution >= 0.6 is 11.8 Å². The molecule has 0 saturated carbocycles. The van der Waals surface area contributed by atoms with Gasteiger partial charge in [0.1, 0.15) is 0 Å². The Hall–Kier alpha value is -0.200. The zero-order valence-electron chi connectivity index (χ0n) is 4.68. The molecule has 4 nitrogen and oxygen atoms in total. The Balaban J connectivity index is 3.47. The van der Waals surface area contributed by atoms with Crippen molar-refractivity contribution in [1.82, 2.24) is 0 Å². The second-order valence-electron chi connectivity index (χ2n) is 0.938. The standard InChI is InChI=1S/C3H6N2O2S2/c1-8-2-4-5-3-9(6)7/h2-3H,1H3,(H,6,7)/p-1. The Morgan fingerprint density at radius 1 is 1.67 bits per heavy atom. The molecule has 0 amide bonds. The quantitative estimate of drug-likeness (QED) is 0.260. The predicted molar refractivity (Wildman–Crippen MR) is 39.4 cm³/mol. The SMILES string of the molecule is CSC=NN=CS(=O)[O-]. The molecule has 0 aromatic carbocycles. The van der Waals surface area contributed by atoms with E-state index < -0.39 is 11.1 Å². The maximum atomic E-state index is 9.73. The fourth-order valence-electron chi connectivity index (χ4n) is 0.140. The molecule has 1 atom stereocenters. The van der Waals surface area contributed by atoms with Gasteiger partial charge in [-0.2, -0.15) is 10.2 Å². The number of hydrogen-bond acceptors (Lipinski definition) is 5. The van der Waals surface area contributed by atoms with Gasteiger partial charge in [0.2, 0.25) is 0 Å². The lowest BCUT2D eigenvalue weighted by Crippen LogP contribution is -1.84. The summed E-state index contributed by atoms with van der Waals surface area (Å²) >= 11 is -0.887. The second-order valence-corrected chi connectivity index (χ2v) is 2.35. The van der Waals surface area contributed by atoms with Crippen LogP contribution in [0.1, 0.15) is 0 Å². The molecule has 0 N–H and O–H groups in total. The molecule has 6 heteroatoms. The van der Waals surface area contributed by atoms with E-state index in [1.165, 1.54) is 17.3 Å². The Morgan fingerprint density at radius 3 is 2.78 bits per heavy atom. The van der Waals surface area contributed by atoms with Crippen LogP contribution in [-0.2, 0) is 11.1 Å². The monoisotopic (exact) mass is 165 g/mol. The van der Waals surface area contributed by atoms with Crippen molar-refractivity contribution in [2.45, 2.75) is 0 Å². The Bertz CT molecular complexity index is 145. The van der Waals surface area contributed by atoms with Crippen molar-refractivity contribution in [3.63, 3.8) is 0 Å². The van der Waals surface area contributed by atoms with Crippen LogP contribution in [-0.4, -0.2) is 26.1 Å². The van der Waals surface area contributed by atoms with E-state index >= 15 is 0 Å². The average Bonchev–Trinajstić information content (AvgIpc) is 1.80. The van der Waals surface area contributed by atoms with Gasteiger partial charge < -0.3 is 4.55 Å². The smallest absolute Gasteiger partial charge is 0.0997 e. The highest BCUT2D eigenvalue weighted by Gasteiger charge is 1.66. The summed E-state index contributed by atoms with van der Waals surface area (Å²) in [6, 6.07) is 0. The van der Waals surface area contributed by atoms with E-state index in [2.05, 4.69) is 10.2 Å². The van der Waals surface area contributed by atoms with Gasteiger partial charge in [-0.3, -0.25) is 4.21 Å². The number of nitrogens with zero attached hydrogens (tertiary/aromatic N) is 2. The largest absolute Gasteiger partial charge is 0.768 e. The van der Waals surface area contributed by atoms with E-state index in [1.54, 1.807) is 6.26 Å². The first-order chi connectivity index (χ1) is 4.27. The van der Waals surface area contributed by atoms with Crippen LogP contribution in [0.4, 0.5) is 0 Å². The molecule has 0 bridgehead atoms. The van der Waals surface area contributed by atoms with E-state index in [9.17, 15) is 8.76 Å². The molecule has 0 aliphatic heterocycles. The van der Waals surface area contributed by atoms with Crippen molar-refractivity contribution in [3.05, 3.63) is 0 Å². The molecule has 0 radical (unpaired) electrons. The third-order valence-corrected chi connectivity index (χ3v) is 0.924. The van der Waals surface area contributed by atoms with Crippen LogP contribution in [0.25, 0.3) is 0 Å². The summed E-state index contributed by atoms with van der Waals surface area (Å²) in [6.07, 6.45) is 1.80. The van der Waals surface area contributed by atoms with Gasteiger partial charge in [0, 0.05) is 0 Å². The van der Waals surface area contributed by atoms with Gasteiger partial charge in [0.25, 0.3) is 0 Å². The maximum Gasteiger partial charge on any atom is 0.0997 e. The molecule has 0 aromatic heterocycles. The number of hydrogen-bond donors (Lipinski definition) is 0. The van der Waals surface area contributed by atoms with Crippen LogP contribution in [0.3, 0.4) is 0 Å². The van der Waals surface area contributed by atoms with Crippen molar-refractivity contribution in [2.24, 2.45) is 10.2 Å². The van der Waals surface area contributed by atoms with E-state index in [0.29, 0.717) is 0 Å². The van der Waals surface area contributed by atoms with Crippen molar-refractivity contribution in [3.8, 4) is 0 Å². The van der Waals surface area contributed by atoms with E-state index in [-0.39, 0.29) is 0 Å². The first-order valence-corrected chi connectivity index (χ1v) is 4.36. The van der Waals surface area contributed by atoms with Crippen LogP contribution in [0, 0.1) is 0 Å². The van der Waals surface area contributed by atoms with Gasteiger partial charge in [-0.05, 0) is 17.3 Å². The predicted octanol–water partition coefficient (Wildman–Crippen LogP) is 0.200. The van der Waals surface area contributed by atoms with Crippen molar-refractivity contribution in [2.75, 3.05) is 6.26 Å². The lowest BCUT2D eigenvalue weighted by atomic mass is 11.6. The molecular weight excluding hydrogens is 160 g/mol. The van der Waals surface area contributed by atoms with E-state index in [1.807, 2.05) is 0 Å². The minimum Gasteiger partial charge on any atom is -0.768 e. The van der Waals surface area contributed by atoms with Crippen molar-refractivity contribution in [1.29, 1.82) is 0 Å². The lowest BCUT2D eigenvalue weighted by Gasteiger charge is -1.89. The minimum atomic E-state index is -2.23. The molecule has 9 heavy (non-hydrogen) atoms. The molecule has 0 aliphatic rings. The average molecular weight is 165 g/mol. The second kappa shape index (κ2) is 5.93. The minimum absolute atomic E-state index is 0.729. The number of thioether (sulfide) groups is 1. The van der Waals surface area contributed by atoms with Crippen LogP contribution < -0.4 is 0 Å². The lowest BCUT2D eigenvalue weighted by molar-refractivity contribution is 0.550. The maximum absolute atomic E-state index is 9.73. The van der Waals surface area contributed by atoms with Gasteiger partial charge in [0.15, 0.2) is 0 Å². The van der Waals surface area contributed by atoms with Crippen LogP contribution in [0.15, 0.2) is 10.2 Å². The summed E-state index contributed by atoms with van der Waals surface area (Å²) in [7, 11) is 0. The van der Waals surface area contributed by atoms with E-state index in [4.69, 9.17) is 0 Å². The molecule has 0 aromatic rings. The fraction of sp³-hybridized carbons (Fsp3) is 0.333. The highest BCUT2D eigenvalue weighted by Crippen LogP contribution is 1.82. The third-order valence-electron chi connectivity index (χ3n) is 0.352. The van der Waals surface area contributed by atoms with Crippen molar-refractivity contribution >= 4 is 33.9 Å². The molecule has 0 spiro atoms. The zero-order valence-corrected chi connectivity index (χ0v) is 6.32. The van der Waals surface area contributed by atoms with Gasteiger partial charge in [-0.15, -0.1) is 11.8 Å². The molecular formula is C3H5N2O2S2-. The Kier molecular flexibility index (Phi) is 5.80. The van der Waals surface area contributed by atoms with Crippen LogP contribution in [0.5, 0.6) is 0 Å². The molecule has 0 saturated heterocycles. The zero-order chi connectivity index (χ0) is 7.11. The molecule has 52 valence electrons. The molecule has 0 rings (SSSR count). The molecule has 0 aliphatic carbocycles. The summed E-state index contributed by atoms with van der Waals surface area (Å²) in [6.45, 7) is 0. The first kappa shape index (κ1) is 8.80. The fourth-order valence-corrected chi connectivity index (χ4v) is 0.420. The van der Waals surface area contributed by atoms with Gasteiger partial charge in [-0.25, -0.2) is 0 Å². The van der Waals surface area contributed by atoms with E-state index in [0.717, 1.165) is 5.55 Å². The highest BCUT2D eigenvalue weighted by molar-refractivity contribution is 8.11. The molecule has 1 unspecified atom stereocenters. The first-order valence-electron chi connectivity index (χ1n) is 1.93. The Labute approximate surface area is 59.7 Å². The number of rotatable bonds is 3. The summed E-state index contributed by atoms with van der Waals surface area (Å²) in [5.41, 5.74) is 2.16. The summed E-state index contributed by atoms with van der Waals surface area (Å²) in [5, 5.41) is 6.52. The highest BCUT2D eigenvalue weighted by atomic mass is 32.2. The van der Waals surface area contributed by atoms with Crippen molar-refractivity contribution < 1.29 is 8.76 Å². The topological polar surface area (TPSA) is 64.8 Å². The third kappa shape index (κ3) is 7.80. The van der Waals surface area contributed by atoms with Gasteiger partial charge in [0.05, 0.1) is 11.1 Å². The molecule has 0 fully saturated rings.